The molecule has 0 aliphatic heterocycles. The van der Waals surface area contributed by atoms with E-state index in [1.54, 1.807) is 13.2 Å². The molecular weight excluding hydrogens is 244 g/mol. The van der Waals surface area contributed by atoms with Gasteiger partial charge in [-0.25, -0.2) is 5.84 Å². The molecule has 0 radical (unpaired) electrons. The van der Waals surface area contributed by atoms with Crippen LogP contribution in [-0.4, -0.2) is 17.1 Å². The third-order valence-corrected chi connectivity index (χ3v) is 2.40. The zero-order chi connectivity index (χ0) is 13.7. The summed E-state index contributed by atoms with van der Waals surface area (Å²) in [4.78, 5) is 7.99. The number of hydrogen-bond acceptors (Lipinski definition) is 7. The molecule has 0 atom stereocenters. The topological polar surface area (TPSA) is 111 Å². The van der Waals surface area contributed by atoms with E-state index < -0.39 is 0 Å². The minimum Gasteiger partial charge on any atom is -0.380 e. The number of aromatic nitrogens is 2. The molecule has 2 aromatic rings. The van der Waals surface area contributed by atoms with Gasteiger partial charge in [0.2, 0.25) is 5.95 Å². The van der Waals surface area contributed by atoms with Crippen LogP contribution in [0.5, 0.6) is 0 Å². The molecule has 0 amide bonds. The van der Waals surface area contributed by atoms with Crippen molar-refractivity contribution >= 4 is 23.3 Å². The van der Waals surface area contributed by atoms with Gasteiger partial charge >= 0.3 is 0 Å². The number of benzene rings is 1. The minimum absolute atomic E-state index is 0.144. The van der Waals surface area contributed by atoms with Gasteiger partial charge in [-0.15, -0.1) is 0 Å². The number of anilines is 4. The van der Waals surface area contributed by atoms with E-state index in [1.165, 1.54) is 0 Å². The lowest BCUT2D eigenvalue weighted by atomic mass is 10.2. The van der Waals surface area contributed by atoms with Crippen molar-refractivity contribution in [3.05, 3.63) is 35.9 Å². The fourth-order valence-electron chi connectivity index (χ4n) is 1.66. The average Bonchev–Trinajstić information content (AvgIpc) is 2.39. The van der Waals surface area contributed by atoms with Crippen LogP contribution in [0.3, 0.4) is 0 Å². The third-order valence-electron chi connectivity index (χ3n) is 2.40. The summed E-state index contributed by atoms with van der Waals surface area (Å²) in [5.74, 6) is 6.46. The molecule has 2 rings (SSSR count). The number of hydrogen-bond donors (Lipinski definition) is 4. The molecule has 0 bridgehead atoms. The predicted octanol–water partition coefficient (Wildman–Crippen LogP) is 1.23. The van der Waals surface area contributed by atoms with E-state index in [4.69, 9.17) is 16.3 Å². The van der Waals surface area contributed by atoms with Gasteiger partial charge in [-0.3, -0.25) is 0 Å². The Labute approximate surface area is 111 Å². The highest BCUT2D eigenvalue weighted by atomic mass is 16.5. The molecule has 6 N–H and O–H groups in total. The predicted molar refractivity (Wildman–Crippen MR) is 74.7 cm³/mol. The van der Waals surface area contributed by atoms with Gasteiger partial charge in [-0.1, -0.05) is 12.1 Å². The number of nitrogens with zero attached hydrogens (tertiary/aromatic N) is 2. The lowest BCUT2D eigenvalue weighted by Gasteiger charge is -2.09. The largest absolute Gasteiger partial charge is 0.380 e. The SMILES string of the molecule is COCc1cccc(Nc2cc(NN)nc(N)n2)c1. The number of rotatable bonds is 5. The van der Waals surface area contributed by atoms with Gasteiger partial charge in [0.15, 0.2) is 0 Å². The Morgan fingerprint density at radius 2 is 2.00 bits per heavy atom. The summed E-state index contributed by atoms with van der Waals surface area (Å²) in [6, 6.07) is 9.48. The number of methoxy groups -OCH3 is 1. The summed E-state index contributed by atoms with van der Waals surface area (Å²) in [7, 11) is 1.66. The Morgan fingerprint density at radius 1 is 1.21 bits per heavy atom. The van der Waals surface area contributed by atoms with Gasteiger partial charge in [0.05, 0.1) is 6.61 Å². The van der Waals surface area contributed by atoms with Crippen LogP contribution in [0.1, 0.15) is 5.56 Å². The molecule has 0 unspecified atom stereocenters. The highest BCUT2D eigenvalue weighted by Gasteiger charge is 2.02. The van der Waals surface area contributed by atoms with Gasteiger partial charge < -0.3 is 21.2 Å². The van der Waals surface area contributed by atoms with Crippen LogP contribution in [0.4, 0.5) is 23.3 Å². The summed E-state index contributed by atoms with van der Waals surface area (Å²) in [5, 5.41) is 3.14. The first kappa shape index (κ1) is 13.1. The summed E-state index contributed by atoms with van der Waals surface area (Å²) < 4.78 is 5.09. The van der Waals surface area contributed by atoms with E-state index in [2.05, 4.69) is 20.7 Å². The third kappa shape index (κ3) is 3.54. The van der Waals surface area contributed by atoms with Crippen LogP contribution >= 0.6 is 0 Å². The van der Waals surface area contributed by atoms with Gasteiger partial charge in [0, 0.05) is 18.9 Å². The Bertz CT molecular complexity index is 560. The van der Waals surface area contributed by atoms with Gasteiger partial charge in [0.1, 0.15) is 11.6 Å². The zero-order valence-corrected chi connectivity index (χ0v) is 10.6. The highest BCUT2D eigenvalue weighted by Crippen LogP contribution is 2.19. The second-order valence-electron chi connectivity index (χ2n) is 3.90. The lowest BCUT2D eigenvalue weighted by Crippen LogP contribution is -2.11. The number of nitrogen functional groups attached to an aromatic ring is 2. The molecule has 1 aromatic heterocycles. The Morgan fingerprint density at radius 3 is 2.74 bits per heavy atom. The molecule has 7 heteroatoms. The maximum absolute atomic E-state index is 5.59. The lowest BCUT2D eigenvalue weighted by molar-refractivity contribution is 0.185. The fraction of sp³-hybridized carbons (Fsp3) is 0.167. The molecule has 1 aromatic carbocycles. The molecular formula is C12H16N6O. The maximum Gasteiger partial charge on any atom is 0.223 e. The van der Waals surface area contributed by atoms with Crippen molar-refractivity contribution in [2.75, 3.05) is 23.6 Å². The van der Waals surface area contributed by atoms with Crippen LogP contribution in [0.2, 0.25) is 0 Å². The van der Waals surface area contributed by atoms with Crippen molar-refractivity contribution in [2.24, 2.45) is 5.84 Å². The monoisotopic (exact) mass is 260 g/mol. The van der Waals surface area contributed by atoms with Crippen LogP contribution in [-0.2, 0) is 11.3 Å². The highest BCUT2D eigenvalue weighted by molar-refractivity contribution is 5.61. The van der Waals surface area contributed by atoms with Crippen molar-refractivity contribution in [1.29, 1.82) is 0 Å². The fourth-order valence-corrected chi connectivity index (χ4v) is 1.66. The van der Waals surface area contributed by atoms with Gasteiger partial charge in [-0.05, 0) is 17.7 Å². The van der Waals surface area contributed by atoms with E-state index in [9.17, 15) is 0 Å². The van der Waals surface area contributed by atoms with E-state index in [1.807, 2.05) is 24.3 Å². The molecule has 7 nitrogen and oxygen atoms in total. The summed E-state index contributed by atoms with van der Waals surface area (Å²) in [6.07, 6.45) is 0. The molecule has 0 aliphatic carbocycles. The average molecular weight is 260 g/mol. The normalized spacial score (nSPS) is 10.2. The van der Waals surface area contributed by atoms with Crippen molar-refractivity contribution in [3.63, 3.8) is 0 Å². The van der Waals surface area contributed by atoms with Crippen molar-refractivity contribution < 1.29 is 4.74 Å². The molecule has 0 saturated carbocycles. The zero-order valence-electron chi connectivity index (χ0n) is 10.6. The number of nitrogens with one attached hydrogen (secondary N) is 2. The molecule has 0 aliphatic rings. The minimum atomic E-state index is 0.144. The number of hydrazine groups is 1. The quantitative estimate of drug-likeness (QED) is 0.472. The van der Waals surface area contributed by atoms with Crippen LogP contribution in [0.15, 0.2) is 30.3 Å². The Balaban J connectivity index is 2.20. The van der Waals surface area contributed by atoms with E-state index in [-0.39, 0.29) is 5.95 Å². The van der Waals surface area contributed by atoms with Gasteiger partial charge in [0.25, 0.3) is 0 Å². The molecule has 0 spiro atoms. The van der Waals surface area contributed by atoms with Crippen LogP contribution in [0, 0.1) is 0 Å². The summed E-state index contributed by atoms with van der Waals surface area (Å²) in [6.45, 7) is 0.553. The second-order valence-corrected chi connectivity index (χ2v) is 3.90. The second kappa shape index (κ2) is 5.98. The molecule has 0 fully saturated rings. The first-order valence-electron chi connectivity index (χ1n) is 5.67. The van der Waals surface area contributed by atoms with Gasteiger partial charge in [-0.2, -0.15) is 9.97 Å². The van der Waals surface area contributed by atoms with E-state index in [0.717, 1.165) is 11.3 Å². The smallest absolute Gasteiger partial charge is 0.223 e. The number of ether oxygens (including phenoxy) is 1. The molecule has 19 heavy (non-hydrogen) atoms. The van der Waals surface area contributed by atoms with Crippen molar-refractivity contribution in [2.45, 2.75) is 6.61 Å². The Kier molecular flexibility index (Phi) is 4.11. The van der Waals surface area contributed by atoms with Crippen molar-refractivity contribution in [1.82, 2.24) is 9.97 Å². The van der Waals surface area contributed by atoms with E-state index in [0.29, 0.717) is 18.2 Å². The number of nitrogens with two attached hydrogens (primary N) is 2. The van der Waals surface area contributed by atoms with Crippen LogP contribution in [0.25, 0.3) is 0 Å². The molecule has 0 saturated heterocycles. The summed E-state index contributed by atoms with van der Waals surface area (Å²) >= 11 is 0. The molecule has 100 valence electrons. The first-order chi connectivity index (χ1) is 9.21. The summed E-state index contributed by atoms with van der Waals surface area (Å²) in [5.41, 5.74) is 9.97. The Hall–Kier alpha value is -2.38. The standard InChI is InChI=1S/C12H16N6O/c1-19-7-8-3-2-4-9(5-8)15-10-6-11(18-14)17-12(13)16-10/h2-6H,7,14H2,1H3,(H4,13,15,16,17,18). The van der Waals surface area contributed by atoms with Crippen molar-refractivity contribution in [3.8, 4) is 0 Å². The molecule has 1 heterocycles. The maximum atomic E-state index is 5.59. The van der Waals surface area contributed by atoms with E-state index >= 15 is 0 Å². The first-order valence-corrected chi connectivity index (χ1v) is 5.67. The van der Waals surface area contributed by atoms with Crippen LogP contribution < -0.4 is 22.3 Å².